The number of nitrogens with one attached hydrogen (secondary N) is 2. The van der Waals surface area contributed by atoms with Gasteiger partial charge < -0.3 is 15.4 Å². The Balaban J connectivity index is 1.45. The maximum atomic E-state index is 5.39. The van der Waals surface area contributed by atoms with Crippen molar-refractivity contribution in [1.82, 2.24) is 19.9 Å². The maximum Gasteiger partial charge on any atom is 0.225 e. The molecule has 0 atom stereocenters. The Labute approximate surface area is 147 Å². The third-order valence-corrected chi connectivity index (χ3v) is 4.40. The summed E-state index contributed by atoms with van der Waals surface area (Å²) in [4.78, 5) is 16.1. The van der Waals surface area contributed by atoms with E-state index >= 15 is 0 Å². The van der Waals surface area contributed by atoms with E-state index in [4.69, 9.17) is 4.74 Å². The lowest BCUT2D eigenvalue weighted by Gasteiger charge is -2.26. The first-order valence-corrected chi connectivity index (χ1v) is 8.98. The van der Waals surface area contributed by atoms with Crippen LogP contribution in [-0.2, 0) is 4.74 Å². The van der Waals surface area contributed by atoms with Crippen LogP contribution in [0, 0.1) is 0 Å². The summed E-state index contributed by atoms with van der Waals surface area (Å²) in [7, 11) is 0. The Kier molecular flexibility index (Phi) is 5.03. The van der Waals surface area contributed by atoms with Crippen molar-refractivity contribution in [2.24, 2.45) is 0 Å². The van der Waals surface area contributed by atoms with E-state index < -0.39 is 0 Å². The number of hydrogen-bond acceptors (Lipinski definition) is 7. The summed E-state index contributed by atoms with van der Waals surface area (Å²) in [6.07, 6.45) is 4.17. The molecule has 0 bridgehead atoms. The molecular formula is C18H24N6O. The van der Waals surface area contributed by atoms with Crippen LogP contribution in [0.15, 0.2) is 30.5 Å². The van der Waals surface area contributed by atoms with E-state index in [-0.39, 0.29) is 0 Å². The summed E-state index contributed by atoms with van der Waals surface area (Å²) in [6.45, 7) is 5.48. The van der Waals surface area contributed by atoms with Gasteiger partial charge in [-0.1, -0.05) is 6.07 Å². The van der Waals surface area contributed by atoms with Gasteiger partial charge in [0.05, 0.1) is 24.6 Å². The van der Waals surface area contributed by atoms with E-state index in [1.807, 2.05) is 24.3 Å². The molecule has 0 unspecified atom stereocenters. The van der Waals surface area contributed by atoms with E-state index in [0.717, 1.165) is 56.6 Å². The Morgan fingerprint density at radius 1 is 1.12 bits per heavy atom. The number of nitrogens with zero attached hydrogens (tertiary/aromatic N) is 4. The topological polar surface area (TPSA) is 75.2 Å². The third kappa shape index (κ3) is 4.64. The Hall–Kier alpha value is -2.25. The Bertz CT molecular complexity index is 685. The largest absolute Gasteiger partial charge is 0.379 e. The number of morpholine rings is 1. The molecule has 3 heterocycles. The quantitative estimate of drug-likeness (QED) is 0.797. The SMILES string of the molecule is c1ccc(-c2cc(NCCN3CCOCC3)nc(NC3CC3)n2)nc1. The zero-order valence-corrected chi connectivity index (χ0v) is 14.3. The highest BCUT2D eigenvalue weighted by molar-refractivity contribution is 5.61. The fourth-order valence-electron chi connectivity index (χ4n) is 2.82. The summed E-state index contributed by atoms with van der Waals surface area (Å²) in [5.41, 5.74) is 1.70. The molecule has 4 rings (SSSR count). The van der Waals surface area contributed by atoms with Gasteiger partial charge in [-0.2, -0.15) is 4.98 Å². The van der Waals surface area contributed by atoms with Crippen molar-refractivity contribution < 1.29 is 4.74 Å². The van der Waals surface area contributed by atoms with Gasteiger partial charge in [-0.15, -0.1) is 0 Å². The molecular weight excluding hydrogens is 316 g/mol. The molecule has 2 aromatic rings. The molecule has 0 radical (unpaired) electrons. The molecule has 7 nitrogen and oxygen atoms in total. The number of ether oxygens (including phenoxy) is 1. The average Bonchev–Trinajstić information content (AvgIpc) is 3.47. The predicted octanol–water partition coefficient (Wildman–Crippen LogP) is 1.86. The molecule has 0 spiro atoms. The van der Waals surface area contributed by atoms with Crippen molar-refractivity contribution >= 4 is 11.8 Å². The Morgan fingerprint density at radius 3 is 2.76 bits per heavy atom. The van der Waals surface area contributed by atoms with Gasteiger partial charge in [-0.3, -0.25) is 9.88 Å². The van der Waals surface area contributed by atoms with E-state index in [9.17, 15) is 0 Å². The first-order chi connectivity index (χ1) is 12.4. The average molecular weight is 340 g/mol. The van der Waals surface area contributed by atoms with Crippen LogP contribution in [0.25, 0.3) is 11.4 Å². The highest BCUT2D eigenvalue weighted by atomic mass is 16.5. The van der Waals surface area contributed by atoms with E-state index in [0.29, 0.717) is 12.0 Å². The number of anilines is 2. The molecule has 0 aromatic carbocycles. The van der Waals surface area contributed by atoms with Crippen molar-refractivity contribution in [1.29, 1.82) is 0 Å². The van der Waals surface area contributed by atoms with Crippen LogP contribution in [0.1, 0.15) is 12.8 Å². The van der Waals surface area contributed by atoms with E-state index in [2.05, 4.69) is 30.5 Å². The minimum absolute atomic E-state index is 0.514. The summed E-state index contributed by atoms with van der Waals surface area (Å²) in [6, 6.07) is 8.35. The van der Waals surface area contributed by atoms with Crippen LogP contribution >= 0.6 is 0 Å². The minimum atomic E-state index is 0.514. The van der Waals surface area contributed by atoms with Crippen LogP contribution < -0.4 is 10.6 Å². The van der Waals surface area contributed by atoms with Crippen molar-refractivity contribution in [2.45, 2.75) is 18.9 Å². The molecule has 1 aliphatic heterocycles. The van der Waals surface area contributed by atoms with Gasteiger partial charge in [0.25, 0.3) is 0 Å². The number of rotatable bonds is 7. The first-order valence-electron chi connectivity index (χ1n) is 8.98. The molecule has 7 heteroatoms. The Morgan fingerprint density at radius 2 is 2.00 bits per heavy atom. The summed E-state index contributed by atoms with van der Waals surface area (Å²) >= 11 is 0. The normalized spacial score (nSPS) is 18.1. The van der Waals surface area contributed by atoms with Crippen molar-refractivity contribution in [3.63, 3.8) is 0 Å². The zero-order chi connectivity index (χ0) is 16.9. The molecule has 2 N–H and O–H groups in total. The highest BCUT2D eigenvalue weighted by Gasteiger charge is 2.22. The van der Waals surface area contributed by atoms with Crippen LogP contribution in [0.4, 0.5) is 11.8 Å². The molecule has 1 saturated heterocycles. The number of hydrogen-bond donors (Lipinski definition) is 2. The van der Waals surface area contributed by atoms with Gasteiger partial charge in [0.15, 0.2) is 0 Å². The van der Waals surface area contributed by atoms with Gasteiger partial charge in [-0.05, 0) is 25.0 Å². The van der Waals surface area contributed by atoms with Crippen LogP contribution in [0.2, 0.25) is 0 Å². The second kappa shape index (κ2) is 7.76. The lowest BCUT2D eigenvalue weighted by molar-refractivity contribution is 0.0398. The van der Waals surface area contributed by atoms with Crippen LogP contribution in [-0.4, -0.2) is 65.3 Å². The monoisotopic (exact) mass is 340 g/mol. The third-order valence-electron chi connectivity index (χ3n) is 4.40. The molecule has 0 amide bonds. The lowest BCUT2D eigenvalue weighted by Crippen LogP contribution is -2.39. The molecule has 25 heavy (non-hydrogen) atoms. The predicted molar refractivity (Wildman–Crippen MR) is 97.7 cm³/mol. The van der Waals surface area contributed by atoms with Crippen molar-refractivity contribution in [2.75, 3.05) is 50.0 Å². The van der Waals surface area contributed by atoms with Gasteiger partial charge in [0, 0.05) is 44.5 Å². The van der Waals surface area contributed by atoms with Gasteiger partial charge in [0.1, 0.15) is 5.82 Å². The molecule has 1 saturated carbocycles. The lowest BCUT2D eigenvalue weighted by atomic mass is 10.2. The summed E-state index contributed by atoms with van der Waals surface area (Å²) in [5, 5.41) is 6.82. The second-order valence-electron chi connectivity index (χ2n) is 6.48. The van der Waals surface area contributed by atoms with Gasteiger partial charge in [-0.25, -0.2) is 4.98 Å². The van der Waals surface area contributed by atoms with Crippen LogP contribution in [0.3, 0.4) is 0 Å². The van der Waals surface area contributed by atoms with Crippen molar-refractivity contribution in [3.05, 3.63) is 30.5 Å². The number of aromatic nitrogens is 3. The van der Waals surface area contributed by atoms with E-state index in [1.54, 1.807) is 6.20 Å². The first kappa shape index (κ1) is 16.2. The zero-order valence-electron chi connectivity index (χ0n) is 14.3. The van der Waals surface area contributed by atoms with E-state index in [1.165, 1.54) is 12.8 Å². The molecule has 132 valence electrons. The molecule has 2 fully saturated rings. The fourth-order valence-corrected chi connectivity index (χ4v) is 2.82. The summed E-state index contributed by atoms with van der Waals surface area (Å²) in [5.74, 6) is 1.52. The fraction of sp³-hybridized carbons (Fsp3) is 0.500. The number of pyridine rings is 1. The van der Waals surface area contributed by atoms with Gasteiger partial charge >= 0.3 is 0 Å². The second-order valence-corrected chi connectivity index (χ2v) is 6.48. The van der Waals surface area contributed by atoms with Crippen LogP contribution in [0.5, 0.6) is 0 Å². The molecule has 2 aromatic heterocycles. The van der Waals surface area contributed by atoms with Crippen molar-refractivity contribution in [3.8, 4) is 11.4 Å². The molecule has 1 aliphatic carbocycles. The minimum Gasteiger partial charge on any atom is -0.379 e. The maximum absolute atomic E-state index is 5.39. The standard InChI is InChI=1S/C18H24N6O/c1-2-6-19-15(3-1)16-13-17(23-18(22-16)21-14-4-5-14)20-7-8-24-9-11-25-12-10-24/h1-3,6,13-14H,4-5,7-12H2,(H2,20,21,22,23). The highest BCUT2D eigenvalue weighted by Crippen LogP contribution is 2.25. The molecule has 2 aliphatic rings. The van der Waals surface area contributed by atoms with Gasteiger partial charge in [0.2, 0.25) is 5.95 Å². The summed E-state index contributed by atoms with van der Waals surface area (Å²) < 4.78 is 5.39. The smallest absolute Gasteiger partial charge is 0.225 e.